The summed E-state index contributed by atoms with van der Waals surface area (Å²) in [5.74, 6) is -1.54. The fourth-order valence-electron chi connectivity index (χ4n) is 3.30. The maximum absolute atomic E-state index is 12.7. The quantitative estimate of drug-likeness (QED) is 0.311. The Kier molecular flexibility index (Phi) is 9.10. The number of hydrogen-bond donors (Lipinski definition) is 4. The summed E-state index contributed by atoms with van der Waals surface area (Å²) in [6, 6.07) is 12.4. The molecule has 0 aliphatic carbocycles. The molecule has 3 amide bonds. The number of amides is 3. The molecular weight excluding hydrogens is 536 g/mol. The highest BCUT2D eigenvalue weighted by Gasteiger charge is 2.20. The summed E-state index contributed by atoms with van der Waals surface area (Å²) in [4.78, 5) is 45.4. The first-order valence-electron chi connectivity index (χ1n) is 12.3. The van der Waals surface area contributed by atoms with Crippen molar-refractivity contribution < 1.29 is 27.5 Å². The van der Waals surface area contributed by atoms with E-state index in [1.165, 1.54) is 30.5 Å². The molecule has 12 nitrogen and oxygen atoms in total. The van der Waals surface area contributed by atoms with E-state index >= 15 is 0 Å². The molecule has 3 rings (SSSR count). The molecule has 0 fully saturated rings. The van der Waals surface area contributed by atoms with Crippen LogP contribution in [0.5, 0.6) is 0 Å². The predicted molar refractivity (Wildman–Crippen MR) is 149 cm³/mol. The molecule has 0 spiro atoms. The molecule has 2 aromatic carbocycles. The van der Waals surface area contributed by atoms with Crippen molar-refractivity contribution in [2.45, 2.75) is 56.9 Å². The average molecular weight is 569 g/mol. The Balaban J connectivity index is 1.62. The number of nitrogens with zero attached hydrogens (tertiary/aromatic N) is 2. The monoisotopic (exact) mass is 568 g/mol. The molecule has 0 radical (unpaired) electrons. The zero-order chi connectivity index (χ0) is 29.7. The van der Waals surface area contributed by atoms with Crippen LogP contribution in [-0.4, -0.2) is 47.1 Å². The Morgan fingerprint density at radius 3 is 2.12 bits per heavy atom. The summed E-state index contributed by atoms with van der Waals surface area (Å²) in [6.45, 7) is 8.69. The van der Waals surface area contributed by atoms with E-state index in [0.29, 0.717) is 5.56 Å². The maximum Gasteiger partial charge on any atom is 0.407 e. The van der Waals surface area contributed by atoms with Crippen LogP contribution in [0.2, 0.25) is 0 Å². The molecular formula is C27H32N6O6S. The van der Waals surface area contributed by atoms with Gasteiger partial charge in [0.05, 0.1) is 22.0 Å². The second kappa shape index (κ2) is 12.1. The van der Waals surface area contributed by atoms with Crippen LogP contribution in [0, 0.1) is 0 Å². The van der Waals surface area contributed by atoms with E-state index in [9.17, 15) is 22.8 Å². The number of aromatic nitrogens is 2. The smallest absolute Gasteiger partial charge is 0.407 e. The molecule has 0 aliphatic rings. The number of benzene rings is 2. The van der Waals surface area contributed by atoms with Gasteiger partial charge >= 0.3 is 6.09 Å². The van der Waals surface area contributed by atoms with Crippen molar-refractivity contribution in [3.05, 3.63) is 71.5 Å². The van der Waals surface area contributed by atoms with Crippen molar-refractivity contribution in [3.8, 4) is 11.3 Å². The molecule has 13 heteroatoms. The van der Waals surface area contributed by atoms with Crippen molar-refractivity contribution in [2.75, 3.05) is 5.73 Å². The van der Waals surface area contributed by atoms with Gasteiger partial charge in [-0.3, -0.25) is 20.4 Å². The van der Waals surface area contributed by atoms with Gasteiger partial charge in [-0.05, 0) is 64.4 Å². The molecule has 1 aromatic heterocycles. The van der Waals surface area contributed by atoms with Crippen molar-refractivity contribution in [3.63, 3.8) is 0 Å². The van der Waals surface area contributed by atoms with Crippen LogP contribution in [0.4, 0.5) is 10.6 Å². The van der Waals surface area contributed by atoms with Gasteiger partial charge < -0.3 is 15.8 Å². The van der Waals surface area contributed by atoms with E-state index in [4.69, 9.17) is 10.5 Å². The highest BCUT2D eigenvalue weighted by atomic mass is 32.2. The van der Waals surface area contributed by atoms with Gasteiger partial charge in [-0.25, -0.2) is 23.2 Å². The zero-order valence-electron chi connectivity index (χ0n) is 22.8. The fourth-order valence-corrected chi connectivity index (χ4v) is 4.36. The predicted octanol–water partition coefficient (Wildman–Crippen LogP) is 3.01. The summed E-state index contributed by atoms with van der Waals surface area (Å²) in [6.07, 6.45) is 0.801. The number of nitrogen functional groups attached to an aromatic ring is 1. The summed E-state index contributed by atoms with van der Waals surface area (Å²) < 4.78 is 29.9. The van der Waals surface area contributed by atoms with Gasteiger partial charge in [0.2, 0.25) is 0 Å². The van der Waals surface area contributed by atoms with Gasteiger partial charge in [-0.1, -0.05) is 24.3 Å². The first kappa shape index (κ1) is 30.0. The summed E-state index contributed by atoms with van der Waals surface area (Å²) in [7, 11) is -3.44. The Morgan fingerprint density at radius 1 is 0.950 bits per heavy atom. The lowest BCUT2D eigenvalue weighted by molar-refractivity contribution is 0.0523. The molecule has 1 heterocycles. The molecule has 212 valence electrons. The van der Waals surface area contributed by atoms with Crippen LogP contribution in [-0.2, 0) is 21.1 Å². The lowest BCUT2D eigenvalue weighted by Crippen LogP contribution is -2.42. The third kappa shape index (κ3) is 7.76. The first-order chi connectivity index (χ1) is 18.7. The highest BCUT2D eigenvalue weighted by Crippen LogP contribution is 2.22. The molecule has 5 N–H and O–H groups in total. The topological polar surface area (TPSA) is 182 Å². The van der Waals surface area contributed by atoms with E-state index in [2.05, 4.69) is 26.1 Å². The van der Waals surface area contributed by atoms with Crippen molar-refractivity contribution in [2.24, 2.45) is 0 Å². The average Bonchev–Trinajstić information content (AvgIpc) is 2.90. The van der Waals surface area contributed by atoms with Crippen LogP contribution < -0.4 is 21.9 Å². The van der Waals surface area contributed by atoms with Crippen LogP contribution in [0.1, 0.15) is 61.0 Å². The number of sulfone groups is 1. The number of hydrazine groups is 1. The Morgan fingerprint density at radius 2 is 1.55 bits per heavy atom. The van der Waals surface area contributed by atoms with Crippen molar-refractivity contribution in [1.29, 1.82) is 0 Å². The third-order valence-corrected chi connectivity index (χ3v) is 7.63. The minimum Gasteiger partial charge on any atom is -0.444 e. The Bertz CT molecular complexity index is 1500. The second-order valence-corrected chi connectivity index (χ2v) is 12.6. The molecule has 0 unspecified atom stereocenters. The molecule has 40 heavy (non-hydrogen) atoms. The van der Waals surface area contributed by atoms with E-state index < -0.39 is 38.6 Å². The first-order valence-corrected chi connectivity index (χ1v) is 13.9. The van der Waals surface area contributed by atoms with Gasteiger partial charge in [0, 0.05) is 17.7 Å². The number of hydrogen-bond acceptors (Lipinski definition) is 9. The number of carbonyl (C=O) groups excluding carboxylic acids is 3. The van der Waals surface area contributed by atoms with Crippen LogP contribution in [0.3, 0.4) is 0 Å². The van der Waals surface area contributed by atoms with Crippen LogP contribution >= 0.6 is 0 Å². The van der Waals surface area contributed by atoms with Gasteiger partial charge in [-0.15, -0.1) is 0 Å². The molecule has 0 aliphatic heterocycles. The van der Waals surface area contributed by atoms with Crippen LogP contribution in [0.25, 0.3) is 11.3 Å². The zero-order valence-corrected chi connectivity index (χ0v) is 23.6. The van der Waals surface area contributed by atoms with Gasteiger partial charge in [0.15, 0.2) is 21.3 Å². The fraction of sp³-hybridized carbons (Fsp3) is 0.296. The third-order valence-electron chi connectivity index (χ3n) is 5.46. The Hall–Kier alpha value is -4.52. The van der Waals surface area contributed by atoms with Gasteiger partial charge in [-0.2, -0.15) is 0 Å². The van der Waals surface area contributed by atoms with Crippen LogP contribution in [0.15, 0.2) is 59.6 Å². The minimum atomic E-state index is -3.44. The summed E-state index contributed by atoms with van der Waals surface area (Å²) in [5, 5.41) is 2.06. The van der Waals surface area contributed by atoms with E-state index in [0.717, 1.165) is 5.56 Å². The maximum atomic E-state index is 12.7. The lowest BCUT2D eigenvalue weighted by Gasteiger charge is -2.19. The molecule has 0 saturated carbocycles. The van der Waals surface area contributed by atoms with Crippen molar-refractivity contribution >= 4 is 33.6 Å². The standard InChI is InChI=1S/C27H32N6O6S/c1-16(2)40(37,38)20-12-10-18(11-13-20)21-15-29-23(28)22(31-21)25(35)33-32-24(34)19-8-6-17(7-9-19)14-30-26(36)39-27(3,4)5/h6-13,15-16H,14H2,1-5H3,(H2,28,29)(H,30,36)(H,32,34)(H,33,35). The largest absolute Gasteiger partial charge is 0.444 e. The number of anilines is 1. The summed E-state index contributed by atoms with van der Waals surface area (Å²) in [5.41, 5.74) is 11.4. The van der Waals surface area contributed by atoms with E-state index in [1.807, 2.05) is 0 Å². The molecule has 3 aromatic rings. The number of ether oxygens (including phenoxy) is 1. The summed E-state index contributed by atoms with van der Waals surface area (Å²) >= 11 is 0. The minimum absolute atomic E-state index is 0.156. The number of carbonyl (C=O) groups is 3. The van der Waals surface area contributed by atoms with Crippen molar-refractivity contribution in [1.82, 2.24) is 26.1 Å². The lowest BCUT2D eigenvalue weighted by atomic mass is 10.1. The van der Waals surface area contributed by atoms with Gasteiger partial charge in [0.1, 0.15) is 5.60 Å². The number of nitrogens with one attached hydrogen (secondary N) is 3. The normalized spacial score (nSPS) is 11.6. The Labute approximate surface area is 232 Å². The molecule has 0 saturated heterocycles. The van der Waals surface area contributed by atoms with E-state index in [-0.39, 0.29) is 34.2 Å². The highest BCUT2D eigenvalue weighted by molar-refractivity contribution is 7.92. The number of alkyl carbamates (subject to hydrolysis) is 1. The number of nitrogens with two attached hydrogens (primary N) is 1. The second-order valence-electron chi connectivity index (χ2n) is 10.1. The van der Waals surface area contributed by atoms with E-state index in [1.54, 1.807) is 58.9 Å². The van der Waals surface area contributed by atoms with Gasteiger partial charge in [0.25, 0.3) is 11.8 Å². The number of rotatable bonds is 7. The molecule has 0 atom stereocenters. The SMILES string of the molecule is CC(C)S(=O)(=O)c1ccc(-c2cnc(N)c(C(=O)NNC(=O)c3ccc(CNC(=O)OC(C)(C)C)cc3)n2)cc1. The molecule has 0 bridgehead atoms.